The van der Waals surface area contributed by atoms with Gasteiger partial charge in [0.25, 0.3) is 5.91 Å². The maximum absolute atomic E-state index is 13.6. The summed E-state index contributed by atoms with van der Waals surface area (Å²) < 4.78 is 28.7. The number of rotatable bonds is 7. The Morgan fingerprint density at radius 3 is 2.44 bits per heavy atom. The van der Waals surface area contributed by atoms with Crippen LogP contribution in [0, 0.1) is 5.82 Å². The van der Waals surface area contributed by atoms with E-state index in [1.807, 2.05) is 0 Å². The van der Waals surface area contributed by atoms with Crippen molar-refractivity contribution in [1.29, 1.82) is 0 Å². The second-order valence-electron chi connectivity index (χ2n) is 5.50. The Bertz CT molecular complexity index is 850. The fourth-order valence-electron chi connectivity index (χ4n) is 2.20. The summed E-state index contributed by atoms with van der Waals surface area (Å²) in [5.41, 5.74) is 0.925. The molecule has 2 rings (SSSR count). The van der Waals surface area contributed by atoms with E-state index in [0.717, 1.165) is 6.08 Å². The van der Waals surface area contributed by atoms with Gasteiger partial charge in [0.2, 0.25) is 0 Å². The first-order valence-electron chi connectivity index (χ1n) is 8.10. The summed E-state index contributed by atoms with van der Waals surface area (Å²) in [4.78, 5) is 24.1. The van der Waals surface area contributed by atoms with E-state index in [-0.39, 0.29) is 5.75 Å². The van der Waals surface area contributed by atoms with Gasteiger partial charge in [-0.25, -0.2) is 9.18 Å². The van der Waals surface area contributed by atoms with Crippen molar-refractivity contribution in [2.75, 3.05) is 19.5 Å². The van der Waals surface area contributed by atoms with Crippen LogP contribution in [0.1, 0.15) is 12.5 Å². The Kier molecular flexibility index (Phi) is 6.93. The third-order valence-electron chi connectivity index (χ3n) is 3.61. The third kappa shape index (κ3) is 5.57. The highest BCUT2D eigenvalue weighted by atomic mass is 19.1. The van der Waals surface area contributed by atoms with Gasteiger partial charge < -0.3 is 19.5 Å². The minimum atomic E-state index is -1.03. The Labute approximate surface area is 156 Å². The highest BCUT2D eigenvalue weighted by Gasteiger charge is 2.18. The van der Waals surface area contributed by atoms with Gasteiger partial charge in [-0.3, -0.25) is 4.79 Å². The Morgan fingerprint density at radius 1 is 1.07 bits per heavy atom. The number of hydrogen-bond donors (Lipinski definition) is 1. The van der Waals surface area contributed by atoms with Gasteiger partial charge in [-0.2, -0.15) is 0 Å². The molecular weight excluding hydrogens is 353 g/mol. The Hall–Kier alpha value is -3.35. The zero-order chi connectivity index (χ0) is 19.8. The standard InChI is InChI=1S/C20H20FNO5/c1-13(20(24)22-16-6-4-5-7-18(16)26-3)27-19(23)11-9-14-8-10-17(25-2)15(21)12-14/h4-13H,1-3H3,(H,22,24)/b11-9+/t13-/m0/s1. The molecule has 0 aliphatic rings. The second-order valence-corrected chi connectivity index (χ2v) is 5.50. The SMILES string of the molecule is COc1ccc(/C=C/C(=O)O[C@@H](C)C(=O)Nc2ccccc2OC)cc1F. The van der Waals surface area contributed by atoms with Crippen LogP contribution in [0.15, 0.2) is 48.5 Å². The molecule has 142 valence electrons. The van der Waals surface area contributed by atoms with Gasteiger partial charge in [-0.05, 0) is 42.8 Å². The average molecular weight is 373 g/mol. The summed E-state index contributed by atoms with van der Waals surface area (Å²) >= 11 is 0. The fourth-order valence-corrected chi connectivity index (χ4v) is 2.20. The van der Waals surface area contributed by atoms with E-state index in [2.05, 4.69) is 5.32 Å². The van der Waals surface area contributed by atoms with Gasteiger partial charge in [0, 0.05) is 6.08 Å². The average Bonchev–Trinajstić information content (AvgIpc) is 2.66. The zero-order valence-electron chi connectivity index (χ0n) is 15.2. The molecule has 1 amide bonds. The van der Waals surface area contributed by atoms with Gasteiger partial charge in [0.1, 0.15) is 5.75 Å². The first kappa shape index (κ1) is 20.0. The molecule has 0 unspecified atom stereocenters. The fraction of sp³-hybridized carbons (Fsp3) is 0.200. The normalized spacial score (nSPS) is 11.7. The van der Waals surface area contributed by atoms with Crippen molar-refractivity contribution in [2.45, 2.75) is 13.0 Å². The number of anilines is 1. The number of hydrogen-bond acceptors (Lipinski definition) is 5. The summed E-state index contributed by atoms with van der Waals surface area (Å²) in [5, 5.41) is 2.63. The van der Waals surface area contributed by atoms with Gasteiger partial charge in [-0.1, -0.05) is 18.2 Å². The first-order chi connectivity index (χ1) is 12.9. The molecule has 0 heterocycles. The van der Waals surface area contributed by atoms with Crippen molar-refractivity contribution in [1.82, 2.24) is 0 Å². The number of methoxy groups -OCH3 is 2. The van der Waals surface area contributed by atoms with Crippen molar-refractivity contribution >= 4 is 23.6 Å². The van der Waals surface area contributed by atoms with E-state index in [0.29, 0.717) is 17.0 Å². The molecule has 0 aliphatic carbocycles. The van der Waals surface area contributed by atoms with Crippen LogP contribution in [0.2, 0.25) is 0 Å². The van der Waals surface area contributed by atoms with Crippen LogP contribution in [-0.2, 0) is 14.3 Å². The number of carbonyl (C=O) groups is 2. The van der Waals surface area contributed by atoms with E-state index in [1.54, 1.807) is 30.3 Å². The van der Waals surface area contributed by atoms with Crippen LogP contribution < -0.4 is 14.8 Å². The molecule has 6 nitrogen and oxygen atoms in total. The van der Waals surface area contributed by atoms with Gasteiger partial charge in [-0.15, -0.1) is 0 Å². The monoisotopic (exact) mass is 373 g/mol. The first-order valence-corrected chi connectivity index (χ1v) is 8.10. The molecule has 0 radical (unpaired) electrons. The van der Waals surface area contributed by atoms with E-state index >= 15 is 0 Å². The van der Waals surface area contributed by atoms with Gasteiger partial charge in [0.15, 0.2) is 17.7 Å². The summed E-state index contributed by atoms with van der Waals surface area (Å²) in [6, 6.07) is 11.1. The number of ether oxygens (including phenoxy) is 3. The number of benzene rings is 2. The van der Waals surface area contributed by atoms with E-state index in [1.165, 1.54) is 39.4 Å². The molecule has 2 aromatic carbocycles. The molecular formula is C20H20FNO5. The minimum absolute atomic E-state index is 0.108. The molecule has 1 N–H and O–H groups in total. The maximum Gasteiger partial charge on any atom is 0.331 e. The van der Waals surface area contributed by atoms with Crippen molar-refractivity contribution < 1.29 is 28.2 Å². The van der Waals surface area contributed by atoms with Crippen molar-refractivity contribution in [3.05, 3.63) is 59.9 Å². The Morgan fingerprint density at radius 2 is 1.78 bits per heavy atom. The molecule has 0 fully saturated rings. The lowest BCUT2D eigenvalue weighted by molar-refractivity contribution is -0.148. The van der Waals surface area contributed by atoms with Crippen LogP contribution in [0.3, 0.4) is 0 Å². The summed E-state index contributed by atoms with van der Waals surface area (Å²) in [5.74, 6) is -1.18. The minimum Gasteiger partial charge on any atom is -0.495 e. The van der Waals surface area contributed by atoms with Crippen LogP contribution >= 0.6 is 0 Å². The number of esters is 1. The van der Waals surface area contributed by atoms with Crippen LogP contribution in [0.5, 0.6) is 11.5 Å². The lowest BCUT2D eigenvalue weighted by Crippen LogP contribution is -2.29. The van der Waals surface area contributed by atoms with Crippen molar-refractivity contribution in [3.8, 4) is 11.5 Å². The lowest BCUT2D eigenvalue weighted by Gasteiger charge is -2.14. The molecule has 7 heteroatoms. The second kappa shape index (κ2) is 9.38. The lowest BCUT2D eigenvalue weighted by atomic mass is 10.2. The maximum atomic E-state index is 13.6. The topological polar surface area (TPSA) is 73.9 Å². The number of halogens is 1. The highest BCUT2D eigenvalue weighted by molar-refractivity contribution is 5.97. The number of amides is 1. The van der Waals surface area contributed by atoms with Gasteiger partial charge in [0.05, 0.1) is 19.9 Å². The van der Waals surface area contributed by atoms with E-state index < -0.39 is 23.8 Å². The molecule has 0 aliphatic heterocycles. The van der Waals surface area contributed by atoms with Gasteiger partial charge >= 0.3 is 5.97 Å². The van der Waals surface area contributed by atoms with Crippen LogP contribution in [-0.4, -0.2) is 32.2 Å². The summed E-state index contributed by atoms with van der Waals surface area (Å²) in [7, 11) is 2.85. The quantitative estimate of drug-likeness (QED) is 0.595. The summed E-state index contributed by atoms with van der Waals surface area (Å²) in [6.07, 6.45) is 1.48. The smallest absolute Gasteiger partial charge is 0.331 e. The van der Waals surface area contributed by atoms with Crippen molar-refractivity contribution in [2.24, 2.45) is 0 Å². The zero-order valence-corrected chi connectivity index (χ0v) is 15.2. The predicted molar refractivity (Wildman–Crippen MR) is 99.2 cm³/mol. The van der Waals surface area contributed by atoms with Crippen LogP contribution in [0.25, 0.3) is 6.08 Å². The molecule has 0 saturated carbocycles. The van der Waals surface area contributed by atoms with Crippen molar-refractivity contribution in [3.63, 3.8) is 0 Å². The number of nitrogens with one attached hydrogen (secondary N) is 1. The highest BCUT2D eigenvalue weighted by Crippen LogP contribution is 2.23. The third-order valence-corrected chi connectivity index (χ3v) is 3.61. The summed E-state index contributed by atoms with van der Waals surface area (Å²) in [6.45, 7) is 1.45. The largest absolute Gasteiger partial charge is 0.495 e. The molecule has 0 bridgehead atoms. The molecule has 2 aromatic rings. The molecule has 0 spiro atoms. The van der Waals surface area contributed by atoms with E-state index in [9.17, 15) is 14.0 Å². The molecule has 0 saturated heterocycles. The predicted octanol–water partition coefficient (Wildman–Crippen LogP) is 3.43. The van der Waals surface area contributed by atoms with E-state index in [4.69, 9.17) is 14.2 Å². The molecule has 27 heavy (non-hydrogen) atoms. The molecule has 1 atom stereocenters. The number of carbonyl (C=O) groups excluding carboxylic acids is 2. The Balaban J connectivity index is 1.94. The van der Waals surface area contributed by atoms with Crippen LogP contribution in [0.4, 0.5) is 10.1 Å². The number of para-hydroxylation sites is 2. The molecule has 0 aromatic heterocycles.